The van der Waals surface area contributed by atoms with Gasteiger partial charge in [0.05, 0.1) is 12.3 Å². The van der Waals surface area contributed by atoms with Gasteiger partial charge in [-0.2, -0.15) is 0 Å². The molecule has 1 saturated carbocycles. The molecule has 1 aromatic carbocycles. The minimum absolute atomic E-state index is 0.0448. The van der Waals surface area contributed by atoms with Gasteiger partial charge in [-0.1, -0.05) is 17.7 Å². The number of hydrogen-bond acceptors (Lipinski definition) is 4. The zero-order valence-electron chi connectivity index (χ0n) is 12.6. The van der Waals surface area contributed by atoms with Crippen molar-refractivity contribution in [3.63, 3.8) is 0 Å². The van der Waals surface area contributed by atoms with Gasteiger partial charge in [0.1, 0.15) is 0 Å². The predicted molar refractivity (Wildman–Crippen MR) is 85.8 cm³/mol. The molecule has 0 spiro atoms. The van der Waals surface area contributed by atoms with Crippen LogP contribution in [0.2, 0.25) is 5.02 Å². The summed E-state index contributed by atoms with van der Waals surface area (Å²) < 4.78 is 34.6. The number of ether oxygens (including phenoxy) is 1. The normalized spacial score (nSPS) is 25.3. The molecule has 126 valence electrons. The van der Waals surface area contributed by atoms with Crippen molar-refractivity contribution >= 4 is 23.1 Å². The summed E-state index contributed by atoms with van der Waals surface area (Å²) in [6, 6.07) is 4.61. The molecule has 1 unspecified atom stereocenters. The number of aliphatic imine (C=N–C) groups is 1. The van der Waals surface area contributed by atoms with Gasteiger partial charge in [-0.3, -0.25) is 5.21 Å². The number of hydrogen-bond donors (Lipinski definition) is 1. The van der Waals surface area contributed by atoms with E-state index in [1.54, 1.807) is 12.1 Å². The highest BCUT2D eigenvalue weighted by Crippen LogP contribution is 2.50. The van der Waals surface area contributed by atoms with Gasteiger partial charge in [0.15, 0.2) is 11.4 Å². The molecule has 3 aliphatic rings. The van der Waals surface area contributed by atoms with E-state index in [4.69, 9.17) is 16.3 Å². The van der Waals surface area contributed by atoms with Crippen molar-refractivity contribution in [2.75, 3.05) is 6.61 Å². The van der Waals surface area contributed by atoms with Crippen LogP contribution in [0.5, 0.6) is 0 Å². The van der Waals surface area contributed by atoms with Gasteiger partial charge in [-0.15, -0.1) is 0 Å². The molecule has 0 radical (unpaired) electrons. The number of rotatable bonds is 4. The van der Waals surface area contributed by atoms with Gasteiger partial charge in [0.25, 0.3) is 6.43 Å². The smallest absolute Gasteiger partial charge is 0.275 e. The molecular formula is C17H15ClF2N2O2. The van der Waals surface area contributed by atoms with Gasteiger partial charge < -0.3 is 4.74 Å². The Bertz CT molecular complexity index is 774. The molecule has 1 aliphatic carbocycles. The fraction of sp³-hybridized carbons (Fsp3) is 0.353. The summed E-state index contributed by atoms with van der Waals surface area (Å²) in [5.41, 5.74) is -1.31. The van der Waals surface area contributed by atoms with E-state index in [0.29, 0.717) is 16.6 Å². The third-order valence-electron chi connectivity index (χ3n) is 4.48. The summed E-state index contributed by atoms with van der Waals surface area (Å²) in [6.45, 7) is 0.232. The van der Waals surface area contributed by atoms with Crippen molar-refractivity contribution < 1.29 is 18.7 Å². The van der Waals surface area contributed by atoms with E-state index in [2.05, 4.69) is 4.99 Å². The van der Waals surface area contributed by atoms with E-state index in [1.807, 2.05) is 0 Å². The Morgan fingerprint density at radius 2 is 2.21 bits per heavy atom. The van der Waals surface area contributed by atoms with E-state index in [0.717, 1.165) is 17.9 Å². The highest BCUT2D eigenvalue weighted by Gasteiger charge is 2.53. The molecule has 2 heterocycles. The van der Waals surface area contributed by atoms with E-state index in [9.17, 15) is 14.0 Å². The third-order valence-corrected chi connectivity index (χ3v) is 4.72. The van der Waals surface area contributed by atoms with Crippen molar-refractivity contribution in [2.45, 2.75) is 24.9 Å². The second-order valence-electron chi connectivity index (χ2n) is 6.15. The molecule has 0 saturated heterocycles. The fourth-order valence-electron chi connectivity index (χ4n) is 3.04. The largest absolute Gasteiger partial charge is 0.359 e. The van der Waals surface area contributed by atoms with Gasteiger partial charge in [-0.05, 0) is 43.0 Å². The number of alkyl halides is 2. The van der Waals surface area contributed by atoms with Crippen LogP contribution in [-0.4, -0.2) is 29.1 Å². The zero-order valence-corrected chi connectivity index (χ0v) is 13.4. The average molecular weight is 353 g/mol. The molecule has 2 aliphatic heterocycles. The molecule has 24 heavy (non-hydrogen) atoms. The number of nitrogens with zero attached hydrogens (tertiary/aromatic N) is 2. The van der Waals surface area contributed by atoms with E-state index in [1.165, 1.54) is 24.4 Å². The SMILES string of the molecule is ON1C=CC=C2C1=Nc1ccc(Cl)cc1C2(OCC1CC1)C(F)F. The van der Waals surface area contributed by atoms with E-state index in [-0.39, 0.29) is 23.6 Å². The lowest BCUT2D eigenvalue weighted by Gasteiger charge is -2.41. The second-order valence-corrected chi connectivity index (χ2v) is 6.59. The Kier molecular flexibility index (Phi) is 3.71. The van der Waals surface area contributed by atoms with Gasteiger partial charge in [-0.25, -0.2) is 18.8 Å². The average Bonchev–Trinajstić information content (AvgIpc) is 3.37. The Morgan fingerprint density at radius 1 is 1.42 bits per heavy atom. The lowest BCUT2D eigenvalue weighted by molar-refractivity contribution is -0.125. The summed E-state index contributed by atoms with van der Waals surface area (Å²) >= 11 is 6.05. The Hall–Kier alpha value is -1.76. The second kappa shape index (κ2) is 5.65. The van der Waals surface area contributed by atoms with Crippen molar-refractivity contribution in [1.82, 2.24) is 5.06 Å². The molecular weight excluding hydrogens is 338 g/mol. The van der Waals surface area contributed by atoms with Gasteiger partial charge >= 0.3 is 0 Å². The van der Waals surface area contributed by atoms with Crippen LogP contribution in [0.25, 0.3) is 0 Å². The van der Waals surface area contributed by atoms with Crippen LogP contribution in [0.15, 0.2) is 47.1 Å². The monoisotopic (exact) mass is 352 g/mol. The van der Waals surface area contributed by atoms with Crippen LogP contribution in [-0.2, 0) is 10.3 Å². The fourth-order valence-corrected chi connectivity index (χ4v) is 3.21. The maximum Gasteiger partial charge on any atom is 0.275 e. The molecule has 1 aromatic rings. The maximum absolute atomic E-state index is 14.4. The summed E-state index contributed by atoms with van der Waals surface area (Å²) in [5.74, 6) is 0.346. The standard InChI is InChI=1S/C17H15ClF2N2O2/c18-11-5-6-14-13(8-11)17(16(19)20,24-9-10-3-4-10)12-2-1-7-22(23)15(12)21-14/h1-2,5-8,10,16,23H,3-4,9H2. The summed E-state index contributed by atoms with van der Waals surface area (Å²) in [6.07, 6.45) is 3.46. The summed E-state index contributed by atoms with van der Waals surface area (Å²) in [4.78, 5) is 4.31. The summed E-state index contributed by atoms with van der Waals surface area (Å²) in [7, 11) is 0. The molecule has 1 atom stereocenters. The molecule has 1 fully saturated rings. The van der Waals surface area contributed by atoms with Crippen molar-refractivity contribution in [3.8, 4) is 0 Å². The molecule has 4 nitrogen and oxygen atoms in total. The molecule has 4 rings (SSSR count). The van der Waals surface area contributed by atoms with Gasteiger partial charge in [0.2, 0.25) is 0 Å². The number of halogens is 3. The van der Waals surface area contributed by atoms with Crippen LogP contribution in [0, 0.1) is 5.92 Å². The van der Waals surface area contributed by atoms with Crippen LogP contribution >= 0.6 is 11.6 Å². The predicted octanol–water partition coefficient (Wildman–Crippen LogP) is 4.42. The van der Waals surface area contributed by atoms with Crippen LogP contribution in [0.3, 0.4) is 0 Å². The lowest BCUT2D eigenvalue weighted by atomic mass is 9.81. The quantitative estimate of drug-likeness (QED) is 0.872. The minimum atomic E-state index is -2.84. The Balaban J connectivity index is 1.93. The third kappa shape index (κ3) is 2.37. The number of hydroxylamine groups is 2. The van der Waals surface area contributed by atoms with Crippen molar-refractivity contribution in [3.05, 3.63) is 52.7 Å². The Morgan fingerprint density at radius 3 is 2.92 bits per heavy atom. The number of allylic oxidation sites excluding steroid dienone is 2. The first-order valence-electron chi connectivity index (χ1n) is 7.70. The number of amidine groups is 1. The Labute approximate surface area is 142 Å². The number of fused-ring (bicyclic) bond motifs is 2. The van der Waals surface area contributed by atoms with Crippen molar-refractivity contribution in [1.29, 1.82) is 0 Å². The first-order chi connectivity index (χ1) is 11.5. The molecule has 0 bridgehead atoms. The first kappa shape index (κ1) is 15.7. The molecule has 7 heteroatoms. The highest BCUT2D eigenvalue weighted by atomic mass is 35.5. The van der Waals surface area contributed by atoms with Crippen LogP contribution < -0.4 is 0 Å². The van der Waals surface area contributed by atoms with Crippen molar-refractivity contribution in [2.24, 2.45) is 10.9 Å². The molecule has 0 amide bonds. The first-order valence-corrected chi connectivity index (χ1v) is 8.08. The summed E-state index contributed by atoms with van der Waals surface area (Å²) in [5, 5.41) is 11.1. The highest BCUT2D eigenvalue weighted by molar-refractivity contribution is 6.30. The van der Waals surface area contributed by atoms with Crippen LogP contribution in [0.4, 0.5) is 14.5 Å². The topological polar surface area (TPSA) is 45.1 Å². The number of benzene rings is 1. The maximum atomic E-state index is 14.4. The minimum Gasteiger partial charge on any atom is -0.359 e. The molecule has 1 N–H and O–H groups in total. The lowest BCUT2D eigenvalue weighted by Crippen LogP contribution is -2.48. The zero-order chi connectivity index (χ0) is 16.9. The van der Waals surface area contributed by atoms with E-state index < -0.39 is 12.0 Å². The molecule has 0 aromatic heterocycles. The van der Waals surface area contributed by atoms with Gasteiger partial charge in [0, 0.05) is 22.4 Å². The van der Waals surface area contributed by atoms with Crippen LogP contribution in [0.1, 0.15) is 18.4 Å². The van der Waals surface area contributed by atoms with E-state index >= 15 is 0 Å².